The largest absolute Gasteiger partial charge is 0.491 e. The van der Waals surface area contributed by atoms with E-state index in [1.165, 1.54) is 0 Å². The normalized spacial score (nSPS) is 15.3. The van der Waals surface area contributed by atoms with Crippen LogP contribution in [0.1, 0.15) is 70.4 Å². The van der Waals surface area contributed by atoms with Crippen LogP contribution in [0.2, 0.25) is 0 Å². The predicted octanol–water partition coefficient (Wildman–Crippen LogP) is 3.49. The van der Waals surface area contributed by atoms with Crippen molar-refractivity contribution in [3.05, 3.63) is 76.6 Å². The number of rotatable bonds is 10. The van der Waals surface area contributed by atoms with Crippen LogP contribution in [-0.2, 0) is 24.8 Å². The fourth-order valence-corrected chi connectivity index (χ4v) is 5.04. The number of ether oxygens (including phenoxy) is 2. The van der Waals surface area contributed by atoms with Crippen LogP contribution < -0.4 is 15.4 Å². The van der Waals surface area contributed by atoms with Gasteiger partial charge < -0.3 is 35.1 Å². The molecule has 4 aromatic rings. The second-order valence-electron chi connectivity index (χ2n) is 10.1. The number of aromatic nitrogens is 4. The number of carbonyl (C=O) groups excluding carboxylic acids is 2. The minimum atomic E-state index is -0.444. The molecule has 5 rings (SSSR count). The Bertz CT molecular complexity index is 1610. The third-order valence-electron chi connectivity index (χ3n) is 7.33. The van der Waals surface area contributed by atoms with Crippen LogP contribution in [0.3, 0.4) is 0 Å². The van der Waals surface area contributed by atoms with Gasteiger partial charge >= 0.3 is 5.97 Å². The van der Waals surface area contributed by atoms with Crippen molar-refractivity contribution in [2.75, 3.05) is 19.8 Å². The van der Waals surface area contributed by atoms with Crippen LogP contribution in [0.25, 0.3) is 11.0 Å². The number of nitrogens with one attached hydrogen (secondary N) is 4. The quantitative estimate of drug-likeness (QED) is 0.133. The van der Waals surface area contributed by atoms with E-state index in [0.717, 1.165) is 34.1 Å². The molecular formula is C30H35N7O4. The Labute approximate surface area is 238 Å². The minimum absolute atomic E-state index is 0.0150. The molecule has 11 heteroatoms. The molecule has 2 unspecified atom stereocenters. The van der Waals surface area contributed by atoms with Crippen LogP contribution in [0.15, 0.2) is 42.5 Å². The van der Waals surface area contributed by atoms with Crippen molar-refractivity contribution in [3.63, 3.8) is 0 Å². The van der Waals surface area contributed by atoms with E-state index < -0.39 is 5.97 Å². The molecule has 3 heterocycles. The van der Waals surface area contributed by atoms with Crippen LogP contribution in [0.4, 0.5) is 0 Å². The van der Waals surface area contributed by atoms with Gasteiger partial charge in [-0.25, -0.2) is 14.8 Å². The molecule has 4 N–H and O–H groups in total. The Kier molecular flexibility index (Phi) is 8.16. The average Bonchev–Trinajstić information content (AvgIpc) is 3.55. The maximum absolute atomic E-state index is 12.9. The highest BCUT2D eigenvalue weighted by Crippen LogP contribution is 2.27. The summed E-state index contributed by atoms with van der Waals surface area (Å²) in [6.45, 7) is 7.01. The number of nitrogens with zero attached hydrogens (tertiary/aromatic N) is 3. The van der Waals surface area contributed by atoms with Crippen LogP contribution in [-0.4, -0.2) is 62.9 Å². The molecule has 214 valence electrons. The van der Waals surface area contributed by atoms with Gasteiger partial charge in [-0.3, -0.25) is 4.79 Å². The van der Waals surface area contributed by atoms with Gasteiger partial charge in [-0.2, -0.15) is 0 Å². The number of aryl methyl sites for hydroxylation is 1. The molecule has 11 nitrogen and oxygen atoms in total. The van der Waals surface area contributed by atoms with Crippen molar-refractivity contribution in [1.82, 2.24) is 30.2 Å². The summed E-state index contributed by atoms with van der Waals surface area (Å²) in [6.07, 6.45) is 0.692. The number of imidazole rings is 2. The van der Waals surface area contributed by atoms with Crippen molar-refractivity contribution < 1.29 is 19.1 Å². The summed E-state index contributed by atoms with van der Waals surface area (Å²) in [7, 11) is 1.94. The molecule has 2 aromatic heterocycles. The molecule has 0 bridgehead atoms. The Morgan fingerprint density at radius 1 is 1.22 bits per heavy atom. The summed E-state index contributed by atoms with van der Waals surface area (Å²) in [6, 6.07) is 12.3. The topological polar surface area (TPSA) is 147 Å². The third kappa shape index (κ3) is 5.85. The molecule has 41 heavy (non-hydrogen) atoms. The first-order valence-electron chi connectivity index (χ1n) is 13.8. The number of hydrogen-bond donors (Lipinski definition) is 4. The molecule has 0 saturated heterocycles. The molecular weight excluding hydrogens is 522 g/mol. The number of H-pyrrole nitrogens is 1. The van der Waals surface area contributed by atoms with E-state index in [1.54, 1.807) is 37.3 Å². The van der Waals surface area contributed by atoms with Gasteiger partial charge in [0.25, 0.3) is 5.91 Å². The monoisotopic (exact) mass is 557 g/mol. The van der Waals surface area contributed by atoms with E-state index in [2.05, 4.69) is 22.5 Å². The van der Waals surface area contributed by atoms with Gasteiger partial charge in [0.1, 0.15) is 29.6 Å². The summed E-state index contributed by atoms with van der Waals surface area (Å²) in [5.41, 5.74) is 5.15. The van der Waals surface area contributed by atoms with Crippen molar-refractivity contribution in [3.8, 4) is 5.75 Å². The Hall–Kier alpha value is -4.51. The summed E-state index contributed by atoms with van der Waals surface area (Å²) < 4.78 is 12.8. The second kappa shape index (κ2) is 11.9. The van der Waals surface area contributed by atoms with Gasteiger partial charge in [-0.15, -0.1) is 0 Å². The van der Waals surface area contributed by atoms with Gasteiger partial charge in [0.05, 0.1) is 47.5 Å². The zero-order valence-electron chi connectivity index (χ0n) is 23.7. The number of para-hydroxylation sites is 1. The smallest absolute Gasteiger partial charge is 0.341 e. The van der Waals surface area contributed by atoms with Crippen molar-refractivity contribution in [2.24, 2.45) is 7.05 Å². The van der Waals surface area contributed by atoms with Crippen molar-refractivity contribution >= 4 is 28.6 Å². The van der Waals surface area contributed by atoms with Crippen LogP contribution >= 0.6 is 0 Å². The number of aromatic amines is 1. The Morgan fingerprint density at radius 2 is 2.02 bits per heavy atom. The summed E-state index contributed by atoms with van der Waals surface area (Å²) in [5, 5.41) is 14.2. The molecule has 0 fully saturated rings. The van der Waals surface area contributed by atoms with E-state index in [4.69, 9.17) is 24.9 Å². The average molecular weight is 558 g/mol. The lowest BCUT2D eigenvalue weighted by molar-refractivity contribution is 0.0521. The van der Waals surface area contributed by atoms with Crippen LogP contribution in [0.5, 0.6) is 5.75 Å². The standard InChI is InChI=1S/C30H35N7O4/c1-5-40-30(39)20-8-6-7-9-26(20)41-13-12-32-29(38)19-10-11-21-25(14-19)37(4)28(36-21)17(2)27-34-23-15-22(18(3)31)33-16-24(23)35-27/h6-11,14,17,22,31,33H,5,12-13,15-16H2,1-4H3,(H,32,38)(H,34,35). The Morgan fingerprint density at radius 3 is 2.80 bits per heavy atom. The highest BCUT2D eigenvalue weighted by atomic mass is 16.5. The molecule has 0 saturated carbocycles. The lowest BCUT2D eigenvalue weighted by Crippen LogP contribution is -2.40. The maximum Gasteiger partial charge on any atom is 0.341 e. The van der Waals surface area contributed by atoms with E-state index in [1.807, 2.05) is 30.7 Å². The van der Waals surface area contributed by atoms with Crippen molar-refractivity contribution in [1.29, 1.82) is 5.41 Å². The minimum Gasteiger partial charge on any atom is -0.491 e. The first-order valence-corrected chi connectivity index (χ1v) is 13.8. The van der Waals surface area contributed by atoms with Crippen LogP contribution in [0, 0.1) is 5.41 Å². The van der Waals surface area contributed by atoms with E-state index >= 15 is 0 Å². The molecule has 0 spiro atoms. The molecule has 2 aromatic carbocycles. The summed E-state index contributed by atoms with van der Waals surface area (Å²) in [4.78, 5) is 38.2. The summed E-state index contributed by atoms with van der Waals surface area (Å²) in [5.74, 6) is 1.32. The molecule has 0 radical (unpaired) electrons. The van der Waals surface area contributed by atoms with Gasteiger partial charge in [-0.1, -0.05) is 12.1 Å². The molecule has 2 atom stereocenters. The molecule has 1 amide bonds. The SMILES string of the molecule is CCOC(=O)c1ccccc1OCCNC(=O)c1ccc2nc(C(C)c3nc4c([nH]3)CNC(C(C)=N)C4)n(C)c2c1. The number of amides is 1. The van der Waals surface area contributed by atoms with Gasteiger partial charge in [0, 0.05) is 31.3 Å². The number of benzene rings is 2. The maximum atomic E-state index is 12.9. The fourth-order valence-electron chi connectivity index (χ4n) is 5.04. The lowest BCUT2D eigenvalue weighted by atomic mass is 10.0. The fraction of sp³-hybridized carbons (Fsp3) is 0.367. The number of carbonyl (C=O) groups is 2. The highest BCUT2D eigenvalue weighted by Gasteiger charge is 2.26. The Balaban J connectivity index is 1.24. The number of esters is 1. The van der Waals surface area contributed by atoms with Gasteiger partial charge in [-0.05, 0) is 51.1 Å². The molecule has 1 aliphatic heterocycles. The second-order valence-corrected chi connectivity index (χ2v) is 10.1. The van der Waals surface area contributed by atoms with Gasteiger partial charge in [0.15, 0.2) is 0 Å². The zero-order valence-corrected chi connectivity index (χ0v) is 23.7. The van der Waals surface area contributed by atoms with E-state index in [-0.39, 0.29) is 37.6 Å². The molecule has 1 aliphatic rings. The summed E-state index contributed by atoms with van der Waals surface area (Å²) >= 11 is 0. The molecule has 0 aliphatic carbocycles. The number of hydrogen-bond acceptors (Lipinski definition) is 8. The van der Waals surface area contributed by atoms with Gasteiger partial charge in [0.2, 0.25) is 0 Å². The highest BCUT2D eigenvalue weighted by molar-refractivity contribution is 5.97. The van der Waals surface area contributed by atoms with Crippen molar-refractivity contribution in [2.45, 2.75) is 45.7 Å². The third-order valence-corrected chi connectivity index (χ3v) is 7.33. The first kappa shape index (κ1) is 28.0. The first-order chi connectivity index (χ1) is 19.8. The number of fused-ring (bicyclic) bond motifs is 2. The lowest BCUT2D eigenvalue weighted by Gasteiger charge is -2.21. The van der Waals surface area contributed by atoms with E-state index in [9.17, 15) is 9.59 Å². The van der Waals surface area contributed by atoms with E-state index in [0.29, 0.717) is 35.6 Å². The predicted molar refractivity (Wildman–Crippen MR) is 155 cm³/mol. The zero-order chi connectivity index (χ0) is 29.1.